The number of nitrogens with zero attached hydrogens (tertiary/aromatic N) is 3. The zero-order valence-corrected chi connectivity index (χ0v) is 14.7. The van der Waals surface area contributed by atoms with E-state index in [1.165, 1.54) is 7.11 Å². The Hall–Kier alpha value is -3.17. The molecule has 6 nitrogen and oxygen atoms in total. The van der Waals surface area contributed by atoms with Crippen molar-refractivity contribution >= 4 is 34.3 Å². The van der Waals surface area contributed by atoms with E-state index in [0.29, 0.717) is 40.3 Å². The molecule has 0 saturated carbocycles. The molecular weight excluding hydrogens is 352 g/mol. The van der Waals surface area contributed by atoms with Crippen LogP contribution in [-0.2, 0) is 11.2 Å². The van der Waals surface area contributed by atoms with Crippen molar-refractivity contribution in [1.29, 1.82) is 5.26 Å². The smallest absolute Gasteiger partial charge is 0.337 e. The number of nitriles is 1. The van der Waals surface area contributed by atoms with Gasteiger partial charge in [-0.2, -0.15) is 5.26 Å². The van der Waals surface area contributed by atoms with E-state index >= 15 is 0 Å². The fourth-order valence-electron chi connectivity index (χ4n) is 2.57. The lowest BCUT2D eigenvalue weighted by atomic mass is 10.1. The second-order valence-electron chi connectivity index (χ2n) is 5.50. The number of esters is 1. The fraction of sp³-hybridized carbons (Fsp3) is 0.158. The summed E-state index contributed by atoms with van der Waals surface area (Å²) < 4.78 is 4.75. The number of anilines is 1. The Morgan fingerprint density at radius 2 is 2.08 bits per heavy atom. The molecule has 0 radical (unpaired) electrons. The maximum Gasteiger partial charge on any atom is 0.337 e. The number of ether oxygens (including phenoxy) is 1. The molecule has 0 aliphatic carbocycles. The van der Waals surface area contributed by atoms with E-state index in [0.717, 1.165) is 5.56 Å². The quantitative estimate of drug-likeness (QED) is 0.694. The van der Waals surface area contributed by atoms with Crippen LogP contribution in [0.5, 0.6) is 0 Å². The van der Waals surface area contributed by atoms with Gasteiger partial charge in [0.05, 0.1) is 18.2 Å². The first kappa shape index (κ1) is 17.6. The molecule has 1 aromatic heterocycles. The number of hydrogen-bond donors (Lipinski definition) is 1. The minimum Gasteiger partial charge on any atom is -0.465 e. The molecule has 0 atom stereocenters. The first-order chi connectivity index (χ1) is 12.6. The summed E-state index contributed by atoms with van der Waals surface area (Å²) >= 11 is 6.17. The van der Waals surface area contributed by atoms with Gasteiger partial charge in [-0.15, -0.1) is 0 Å². The number of carbonyl (C=O) groups is 1. The average Bonchev–Trinajstić information content (AvgIpc) is 2.68. The van der Waals surface area contributed by atoms with Crippen molar-refractivity contribution in [2.45, 2.75) is 6.42 Å². The Morgan fingerprint density at radius 1 is 1.27 bits per heavy atom. The van der Waals surface area contributed by atoms with E-state index in [2.05, 4.69) is 15.3 Å². The van der Waals surface area contributed by atoms with Crippen LogP contribution >= 0.6 is 11.6 Å². The van der Waals surface area contributed by atoms with E-state index in [4.69, 9.17) is 21.6 Å². The zero-order valence-electron chi connectivity index (χ0n) is 14.0. The zero-order chi connectivity index (χ0) is 18.5. The molecule has 130 valence electrons. The van der Waals surface area contributed by atoms with Crippen LogP contribution in [0.25, 0.3) is 10.9 Å². The Balaban J connectivity index is 1.91. The fourth-order valence-corrected chi connectivity index (χ4v) is 2.80. The van der Waals surface area contributed by atoms with Gasteiger partial charge in [-0.3, -0.25) is 0 Å². The second kappa shape index (κ2) is 7.81. The molecule has 3 aromatic rings. The maximum absolute atomic E-state index is 11.8. The van der Waals surface area contributed by atoms with Gasteiger partial charge in [-0.25, -0.2) is 14.8 Å². The number of nitrogens with one attached hydrogen (secondary N) is 1. The number of fused-ring (bicyclic) bond motifs is 1. The van der Waals surface area contributed by atoms with Crippen molar-refractivity contribution in [3.8, 4) is 6.07 Å². The van der Waals surface area contributed by atoms with Crippen molar-refractivity contribution in [2.24, 2.45) is 0 Å². The first-order valence-electron chi connectivity index (χ1n) is 7.90. The van der Waals surface area contributed by atoms with Gasteiger partial charge in [-0.05, 0) is 36.2 Å². The van der Waals surface area contributed by atoms with E-state index in [1.54, 1.807) is 18.2 Å². The minimum absolute atomic E-state index is 0.0589. The molecule has 0 unspecified atom stereocenters. The molecule has 0 bridgehead atoms. The second-order valence-corrected chi connectivity index (χ2v) is 5.91. The van der Waals surface area contributed by atoms with Crippen LogP contribution in [0.1, 0.15) is 21.7 Å². The number of rotatable bonds is 5. The highest BCUT2D eigenvalue weighted by Crippen LogP contribution is 2.23. The largest absolute Gasteiger partial charge is 0.465 e. The monoisotopic (exact) mass is 366 g/mol. The van der Waals surface area contributed by atoms with Gasteiger partial charge in [0.2, 0.25) is 5.82 Å². The SMILES string of the molecule is COC(=O)c1ccc2nc(C#N)nc(NCCc3ccccc3Cl)c2c1. The minimum atomic E-state index is -0.446. The average molecular weight is 367 g/mol. The van der Waals surface area contributed by atoms with Crippen molar-refractivity contribution in [1.82, 2.24) is 9.97 Å². The summed E-state index contributed by atoms with van der Waals surface area (Å²) in [6.07, 6.45) is 0.684. The van der Waals surface area contributed by atoms with Gasteiger partial charge in [0.15, 0.2) is 0 Å². The standard InChI is InChI=1S/C19H15ClN4O2/c1-26-19(25)13-6-7-16-14(10-13)18(24-17(11-21)23-16)22-9-8-12-4-2-3-5-15(12)20/h2-7,10H,8-9H2,1H3,(H,22,23,24). The van der Waals surface area contributed by atoms with Crippen molar-refractivity contribution in [3.05, 3.63) is 64.4 Å². The predicted molar refractivity (Wildman–Crippen MR) is 99.2 cm³/mol. The number of benzene rings is 2. The summed E-state index contributed by atoms with van der Waals surface area (Å²) in [5.41, 5.74) is 1.97. The lowest BCUT2D eigenvalue weighted by Gasteiger charge is -2.10. The highest BCUT2D eigenvalue weighted by atomic mass is 35.5. The van der Waals surface area contributed by atoms with Gasteiger partial charge in [0.1, 0.15) is 11.9 Å². The van der Waals surface area contributed by atoms with Gasteiger partial charge in [0.25, 0.3) is 0 Å². The number of aromatic nitrogens is 2. The number of carbonyl (C=O) groups excluding carboxylic acids is 1. The van der Waals surface area contributed by atoms with Crippen molar-refractivity contribution in [2.75, 3.05) is 19.0 Å². The summed E-state index contributed by atoms with van der Waals surface area (Å²) in [6, 6.07) is 14.5. The lowest BCUT2D eigenvalue weighted by Crippen LogP contribution is -2.09. The first-order valence-corrected chi connectivity index (χ1v) is 8.27. The lowest BCUT2D eigenvalue weighted by molar-refractivity contribution is 0.0601. The summed E-state index contributed by atoms with van der Waals surface area (Å²) in [4.78, 5) is 20.2. The molecule has 2 aromatic carbocycles. The van der Waals surface area contributed by atoms with Crippen LogP contribution in [0.3, 0.4) is 0 Å². The highest BCUT2D eigenvalue weighted by molar-refractivity contribution is 6.31. The maximum atomic E-state index is 11.8. The summed E-state index contributed by atoms with van der Waals surface area (Å²) in [6.45, 7) is 0.559. The van der Waals surface area contributed by atoms with Crippen LogP contribution < -0.4 is 5.32 Å². The third kappa shape index (κ3) is 3.73. The summed E-state index contributed by atoms with van der Waals surface area (Å²) in [7, 11) is 1.32. The number of methoxy groups -OCH3 is 1. The topological polar surface area (TPSA) is 87.9 Å². The molecule has 0 fully saturated rings. The van der Waals surface area contributed by atoms with Crippen LogP contribution in [0.2, 0.25) is 5.02 Å². The van der Waals surface area contributed by atoms with Gasteiger partial charge in [-0.1, -0.05) is 29.8 Å². The van der Waals surface area contributed by atoms with E-state index in [9.17, 15) is 4.79 Å². The van der Waals surface area contributed by atoms with Crippen LogP contribution in [-0.4, -0.2) is 29.6 Å². The third-order valence-corrected chi connectivity index (χ3v) is 4.23. The van der Waals surface area contributed by atoms with Crippen molar-refractivity contribution in [3.63, 3.8) is 0 Å². The molecule has 0 aliphatic heterocycles. The van der Waals surface area contributed by atoms with E-state index in [-0.39, 0.29) is 5.82 Å². The van der Waals surface area contributed by atoms with E-state index < -0.39 is 5.97 Å². The van der Waals surface area contributed by atoms with E-state index in [1.807, 2.05) is 30.3 Å². The van der Waals surface area contributed by atoms with Crippen molar-refractivity contribution < 1.29 is 9.53 Å². The molecule has 7 heteroatoms. The molecule has 1 N–H and O–H groups in total. The molecular formula is C19H15ClN4O2. The molecule has 0 spiro atoms. The molecule has 0 aliphatic rings. The van der Waals surface area contributed by atoms with Gasteiger partial charge >= 0.3 is 5.97 Å². The Kier molecular flexibility index (Phi) is 5.30. The normalized spacial score (nSPS) is 10.3. The molecule has 1 heterocycles. The van der Waals surface area contributed by atoms with Crippen LogP contribution in [0, 0.1) is 11.3 Å². The molecule has 0 amide bonds. The van der Waals surface area contributed by atoms with Gasteiger partial charge in [0, 0.05) is 17.0 Å². The third-order valence-electron chi connectivity index (χ3n) is 3.86. The highest BCUT2D eigenvalue weighted by Gasteiger charge is 2.12. The molecule has 0 saturated heterocycles. The predicted octanol–water partition coefficient (Wildman–Crippen LogP) is 3.60. The number of hydrogen-bond acceptors (Lipinski definition) is 6. The summed E-state index contributed by atoms with van der Waals surface area (Å²) in [5, 5.41) is 13.7. The van der Waals surface area contributed by atoms with Crippen LogP contribution in [0.4, 0.5) is 5.82 Å². The molecule has 26 heavy (non-hydrogen) atoms. The Labute approximate surface area is 155 Å². The number of halogens is 1. The summed E-state index contributed by atoms with van der Waals surface area (Å²) in [5.74, 6) is 0.103. The van der Waals surface area contributed by atoms with Gasteiger partial charge < -0.3 is 10.1 Å². The molecule has 3 rings (SSSR count). The van der Waals surface area contributed by atoms with Crippen LogP contribution in [0.15, 0.2) is 42.5 Å². The Morgan fingerprint density at radius 3 is 2.81 bits per heavy atom. The Bertz CT molecular complexity index is 1010.